The summed E-state index contributed by atoms with van der Waals surface area (Å²) in [6, 6.07) is 11.9. The summed E-state index contributed by atoms with van der Waals surface area (Å²) in [5, 5.41) is 16.6. The van der Waals surface area contributed by atoms with Gasteiger partial charge in [-0.3, -0.25) is 9.48 Å². The fourth-order valence-corrected chi connectivity index (χ4v) is 5.92. The molecule has 0 aliphatic heterocycles. The SMILES string of the molecule is COc1cccc(CCC(=O)Cc2sc3c(c2C#N)CCC(COC(=O)NCc2ccnn2C)C3)c1. The van der Waals surface area contributed by atoms with Crippen molar-refractivity contribution in [2.75, 3.05) is 13.7 Å². The smallest absolute Gasteiger partial charge is 0.407 e. The lowest BCUT2D eigenvalue weighted by Crippen LogP contribution is -2.28. The lowest BCUT2D eigenvalue weighted by molar-refractivity contribution is -0.118. The second-order valence-corrected chi connectivity index (χ2v) is 10.2. The number of fused-ring (bicyclic) bond motifs is 1. The van der Waals surface area contributed by atoms with E-state index in [1.54, 1.807) is 29.3 Å². The molecule has 2 aromatic heterocycles. The normalized spacial score (nSPS) is 14.5. The molecule has 0 radical (unpaired) electrons. The fraction of sp³-hybridized carbons (Fsp3) is 0.407. The van der Waals surface area contributed by atoms with Gasteiger partial charge in [0.25, 0.3) is 0 Å². The molecule has 0 bridgehead atoms. The molecular formula is C27H30N4O4S. The Hall–Kier alpha value is -3.64. The van der Waals surface area contributed by atoms with Gasteiger partial charge in [-0.1, -0.05) is 12.1 Å². The maximum absolute atomic E-state index is 12.7. The Bertz CT molecular complexity index is 1270. The number of hydrogen-bond donors (Lipinski definition) is 1. The first kappa shape index (κ1) is 25.5. The molecule has 1 unspecified atom stereocenters. The summed E-state index contributed by atoms with van der Waals surface area (Å²) in [4.78, 5) is 26.8. The summed E-state index contributed by atoms with van der Waals surface area (Å²) in [5.41, 5.74) is 3.68. The summed E-state index contributed by atoms with van der Waals surface area (Å²) in [6.07, 6.45) is 4.93. The molecule has 1 aromatic carbocycles. The standard InChI is InChI=1S/C27H30N4O4S/c1-31-20(10-11-30-31)16-29-27(33)35-17-19-7-9-23-24(15-28)26(36-25(23)13-19)14-21(32)8-6-18-4-3-5-22(12-18)34-2/h3-5,10-12,19H,6-9,13-14,16-17H2,1-2H3,(H,29,33). The van der Waals surface area contributed by atoms with E-state index in [-0.39, 0.29) is 18.1 Å². The lowest BCUT2D eigenvalue weighted by atomic mass is 9.87. The molecule has 188 valence electrons. The quantitative estimate of drug-likeness (QED) is 0.443. The van der Waals surface area contributed by atoms with Crippen LogP contribution in [0.5, 0.6) is 5.75 Å². The number of nitriles is 1. The van der Waals surface area contributed by atoms with Gasteiger partial charge < -0.3 is 14.8 Å². The third-order valence-corrected chi connectivity index (χ3v) is 7.78. The highest BCUT2D eigenvalue weighted by Crippen LogP contribution is 2.36. The van der Waals surface area contributed by atoms with Crippen molar-refractivity contribution in [3.05, 3.63) is 68.7 Å². The van der Waals surface area contributed by atoms with Crippen LogP contribution >= 0.6 is 11.3 Å². The molecule has 1 atom stereocenters. The molecule has 1 aliphatic rings. The van der Waals surface area contributed by atoms with E-state index in [2.05, 4.69) is 16.5 Å². The van der Waals surface area contributed by atoms with Crippen molar-refractivity contribution in [3.63, 3.8) is 0 Å². The molecule has 0 spiro atoms. The summed E-state index contributed by atoms with van der Waals surface area (Å²) in [7, 11) is 3.45. The summed E-state index contributed by atoms with van der Waals surface area (Å²) < 4.78 is 12.4. The Morgan fingerprint density at radius 3 is 2.94 bits per heavy atom. The predicted molar refractivity (Wildman–Crippen MR) is 136 cm³/mol. The van der Waals surface area contributed by atoms with Crippen LogP contribution in [0.4, 0.5) is 4.79 Å². The van der Waals surface area contributed by atoms with Crippen LogP contribution in [0.15, 0.2) is 36.5 Å². The number of rotatable bonds is 10. The Kier molecular flexibility index (Phi) is 8.39. The van der Waals surface area contributed by atoms with E-state index in [1.165, 1.54) is 0 Å². The van der Waals surface area contributed by atoms with Gasteiger partial charge in [0.05, 0.1) is 31.5 Å². The molecule has 1 N–H and O–H groups in total. The minimum Gasteiger partial charge on any atom is -0.497 e. The largest absolute Gasteiger partial charge is 0.497 e. The first-order valence-corrected chi connectivity index (χ1v) is 12.8. The number of alkyl carbamates (subject to hydrolysis) is 1. The highest BCUT2D eigenvalue weighted by atomic mass is 32.1. The van der Waals surface area contributed by atoms with Gasteiger partial charge in [0.15, 0.2) is 0 Å². The highest BCUT2D eigenvalue weighted by molar-refractivity contribution is 7.12. The second kappa shape index (κ2) is 11.9. The van der Waals surface area contributed by atoms with Crippen LogP contribution in [-0.2, 0) is 48.8 Å². The maximum atomic E-state index is 12.7. The molecular weight excluding hydrogens is 476 g/mol. The minimum absolute atomic E-state index is 0.123. The molecule has 9 heteroatoms. The van der Waals surface area contributed by atoms with Crippen molar-refractivity contribution >= 4 is 23.2 Å². The van der Waals surface area contributed by atoms with E-state index in [9.17, 15) is 14.9 Å². The van der Waals surface area contributed by atoms with Crippen molar-refractivity contribution in [1.29, 1.82) is 5.26 Å². The van der Waals surface area contributed by atoms with Crippen LogP contribution < -0.4 is 10.1 Å². The Labute approximate surface area is 214 Å². The van der Waals surface area contributed by atoms with Crippen molar-refractivity contribution < 1.29 is 19.1 Å². The number of carbonyl (C=O) groups is 2. The van der Waals surface area contributed by atoms with Crippen LogP contribution in [0.25, 0.3) is 0 Å². The van der Waals surface area contributed by atoms with E-state index in [4.69, 9.17) is 9.47 Å². The van der Waals surface area contributed by atoms with Gasteiger partial charge in [-0.15, -0.1) is 11.3 Å². The topological polar surface area (TPSA) is 106 Å². The van der Waals surface area contributed by atoms with Gasteiger partial charge in [-0.2, -0.15) is 10.4 Å². The van der Waals surface area contributed by atoms with E-state index >= 15 is 0 Å². The number of nitrogens with zero attached hydrogens (tertiary/aromatic N) is 3. The molecule has 1 amide bonds. The lowest BCUT2D eigenvalue weighted by Gasteiger charge is -2.22. The number of ketones is 1. The molecule has 1 aliphatic carbocycles. The zero-order valence-corrected chi connectivity index (χ0v) is 21.4. The average molecular weight is 507 g/mol. The van der Waals surface area contributed by atoms with E-state index < -0.39 is 6.09 Å². The summed E-state index contributed by atoms with van der Waals surface area (Å²) in [5.74, 6) is 1.10. The third kappa shape index (κ3) is 6.32. The number of nitrogens with one attached hydrogen (secondary N) is 1. The van der Waals surface area contributed by atoms with Gasteiger partial charge >= 0.3 is 6.09 Å². The molecule has 36 heavy (non-hydrogen) atoms. The first-order valence-electron chi connectivity index (χ1n) is 12.0. The Morgan fingerprint density at radius 2 is 2.19 bits per heavy atom. The molecule has 3 aromatic rings. The van der Waals surface area contributed by atoms with Crippen LogP contribution in [0.3, 0.4) is 0 Å². The van der Waals surface area contributed by atoms with E-state index in [0.29, 0.717) is 31.6 Å². The minimum atomic E-state index is -0.451. The molecule has 0 fully saturated rings. The number of carbonyl (C=O) groups excluding carboxylic acids is 2. The zero-order valence-electron chi connectivity index (χ0n) is 20.6. The highest BCUT2D eigenvalue weighted by Gasteiger charge is 2.27. The maximum Gasteiger partial charge on any atom is 0.407 e. The van der Waals surface area contributed by atoms with E-state index in [0.717, 1.165) is 51.6 Å². The number of aryl methyl sites for hydroxylation is 2. The van der Waals surface area contributed by atoms with Crippen molar-refractivity contribution in [2.45, 2.75) is 45.1 Å². The number of hydrogen-bond acceptors (Lipinski definition) is 7. The van der Waals surface area contributed by atoms with Gasteiger partial charge in [-0.25, -0.2) is 4.79 Å². The number of benzene rings is 1. The van der Waals surface area contributed by atoms with Crippen LogP contribution in [0.1, 0.15) is 45.0 Å². The predicted octanol–water partition coefficient (Wildman–Crippen LogP) is 4.14. The summed E-state index contributed by atoms with van der Waals surface area (Å²) >= 11 is 1.56. The monoisotopic (exact) mass is 506 g/mol. The molecule has 0 saturated heterocycles. The van der Waals surface area contributed by atoms with Crippen molar-refractivity contribution in [1.82, 2.24) is 15.1 Å². The number of Topliss-reactive ketones (excluding diaryl/α,β-unsaturated/α-hetero) is 1. The van der Waals surface area contributed by atoms with Crippen molar-refractivity contribution in [3.8, 4) is 11.8 Å². The number of thiophene rings is 1. The fourth-order valence-electron chi connectivity index (χ4n) is 4.47. The van der Waals surface area contributed by atoms with Gasteiger partial charge in [-0.05, 0) is 60.9 Å². The van der Waals surface area contributed by atoms with Crippen LogP contribution in [0.2, 0.25) is 0 Å². The molecule has 4 rings (SSSR count). The molecule has 2 heterocycles. The molecule has 8 nitrogen and oxygen atoms in total. The summed E-state index contributed by atoms with van der Waals surface area (Å²) in [6.45, 7) is 0.682. The van der Waals surface area contributed by atoms with Gasteiger partial charge in [0, 0.05) is 35.8 Å². The van der Waals surface area contributed by atoms with Crippen LogP contribution in [0, 0.1) is 17.2 Å². The third-order valence-electron chi connectivity index (χ3n) is 6.52. The number of methoxy groups -OCH3 is 1. The number of amides is 1. The number of ether oxygens (including phenoxy) is 2. The van der Waals surface area contributed by atoms with E-state index in [1.807, 2.05) is 37.4 Å². The zero-order chi connectivity index (χ0) is 25.5. The van der Waals surface area contributed by atoms with Gasteiger partial charge in [0.2, 0.25) is 0 Å². The Morgan fingerprint density at radius 1 is 1.33 bits per heavy atom. The average Bonchev–Trinajstić information content (AvgIpc) is 3.46. The number of aromatic nitrogens is 2. The Balaban J connectivity index is 1.29. The first-order chi connectivity index (χ1) is 17.5. The molecule has 0 saturated carbocycles. The second-order valence-electron chi connectivity index (χ2n) is 8.99. The van der Waals surface area contributed by atoms with Crippen LogP contribution in [-0.4, -0.2) is 35.4 Å². The van der Waals surface area contributed by atoms with Crippen molar-refractivity contribution in [2.24, 2.45) is 13.0 Å². The van der Waals surface area contributed by atoms with Gasteiger partial charge in [0.1, 0.15) is 17.6 Å².